The minimum Gasteiger partial charge on any atom is -0.497 e. The molecular formula is C21H26N4O6S. The maximum absolute atomic E-state index is 13.0. The zero-order valence-corrected chi connectivity index (χ0v) is 19.0. The standard InChI is InChI=1S/C21H26N4O6S/c1-13-8-19(25(23-13)15-6-7-32(28,29)12-15)22-21(27)14-9-20(26)24(11-14)17-10-16(30-2)4-5-18(17)31-3/h4-5,8,10,14-15H,6-7,9,11-12H2,1-3H3,(H,22,27). The number of aromatic nitrogens is 2. The van der Waals surface area contributed by atoms with Gasteiger partial charge in [0.25, 0.3) is 0 Å². The average Bonchev–Trinajstić information content (AvgIpc) is 3.43. The van der Waals surface area contributed by atoms with Gasteiger partial charge in [-0.2, -0.15) is 5.10 Å². The largest absolute Gasteiger partial charge is 0.497 e. The van der Waals surface area contributed by atoms with Crippen molar-refractivity contribution in [2.45, 2.75) is 25.8 Å². The summed E-state index contributed by atoms with van der Waals surface area (Å²) in [5, 5.41) is 7.24. The maximum Gasteiger partial charge on any atom is 0.230 e. The van der Waals surface area contributed by atoms with E-state index in [1.807, 2.05) is 0 Å². The summed E-state index contributed by atoms with van der Waals surface area (Å²) in [5.74, 6) is 0.561. The Kier molecular flexibility index (Phi) is 5.85. The molecular weight excluding hydrogens is 436 g/mol. The number of aryl methyl sites for hydroxylation is 1. The molecule has 0 bridgehead atoms. The molecule has 2 aliphatic rings. The fraction of sp³-hybridized carbons (Fsp3) is 0.476. The smallest absolute Gasteiger partial charge is 0.230 e. The Bertz CT molecular complexity index is 1160. The van der Waals surface area contributed by atoms with Crippen LogP contribution in [-0.2, 0) is 19.4 Å². The predicted octanol–water partition coefficient (Wildman–Crippen LogP) is 1.56. The Morgan fingerprint density at radius 2 is 2.00 bits per heavy atom. The molecule has 3 heterocycles. The van der Waals surface area contributed by atoms with Crippen LogP contribution in [0.3, 0.4) is 0 Å². The summed E-state index contributed by atoms with van der Waals surface area (Å²) in [6, 6.07) is 6.55. The number of nitrogens with zero attached hydrogens (tertiary/aromatic N) is 3. The molecule has 2 saturated heterocycles. The lowest BCUT2D eigenvalue weighted by Crippen LogP contribution is -2.29. The Balaban J connectivity index is 1.51. The molecule has 2 aromatic rings. The van der Waals surface area contributed by atoms with Gasteiger partial charge < -0.3 is 19.7 Å². The Morgan fingerprint density at radius 1 is 1.22 bits per heavy atom. The molecule has 4 rings (SSSR count). The van der Waals surface area contributed by atoms with Gasteiger partial charge in [0.15, 0.2) is 9.84 Å². The van der Waals surface area contributed by atoms with Gasteiger partial charge in [0.1, 0.15) is 17.3 Å². The van der Waals surface area contributed by atoms with Gasteiger partial charge in [-0.15, -0.1) is 0 Å². The number of ether oxygens (including phenoxy) is 2. The molecule has 0 spiro atoms. The summed E-state index contributed by atoms with van der Waals surface area (Å²) in [6.07, 6.45) is 0.509. The molecule has 32 heavy (non-hydrogen) atoms. The highest BCUT2D eigenvalue weighted by Gasteiger charge is 2.37. The van der Waals surface area contributed by atoms with Crippen LogP contribution in [0, 0.1) is 12.8 Å². The summed E-state index contributed by atoms with van der Waals surface area (Å²) >= 11 is 0. The maximum atomic E-state index is 13.0. The Labute approximate surface area is 186 Å². The predicted molar refractivity (Wildman–Crippen MR) is 118 cm³/mol. The molecule has 172 valence electrons. The number of hydrogen-bond acceptors (Lipinski definition) is 7. The molecule has 11 heteroatoms. The average molecular weight is 463 g/mol. The number of methoxy groups -OCH3 is 2. The molecule has 2 aliphatic heterocycles. The molecule has 2 fully saturated rings. The van der Waals surface area contributed by atoms with Gasteiger partial charge in [-0.05, 0) is 25.5 Å². The molecule has 2 atom stereocenters. The van der Waals surface area contributed by atoms with E-state index in [4.69, 9.17) is 9.47 Å². The van der Waals surface area contributed by atoms with Crippen molar-refractivity contribution in [3.8, 4) is 11.5 Å². The number of carbonyl (C=O) groups is 2. The lowest BCUT2D eigenvalue weighted by atomic mass is 10.1. The Morgan fingerprint density at radius 3 is 2.66 bits per heavy atom. The molecule has 0 aliphatic carbocycles. The van der Waals surface area contributed by atoms with Crippen LogP contribution in [0.15, 0.2) is 24.3 Å². The van der Waals surface area contributed by atoms with Crippen molar-refractivity contribution in [1.29, 1.82) is 0 Å². The van der Waals surface area contributed by atoms with E-state index in [0.29, 0.717) is 35.1 Å². The van der Waals surface area contributed by atoms with Crippen molar-refractivity contribution in [2.24, 2.45) is 5.92 Å². The van der Waals surface area contributed by atoms with Crippen LogP contribution in [0.1, 0.15) is 24.6 Å². The van der Waals surface area contributed by atoms with E-state index >= 15 is 0 Å². The third-order valence-electron chi connectivity index (χ3n) is 5.84. The first-order valence-electron chi connectivity index (χ1n) is 10.3. The van der Waals surface area contributed by atoms with Crippen LogP contribution < -0.4 is 19.7 Å². The molecule has 0 saturated carbocycles. The van der Waals surface area contributed by atoms with Crippen LogP contribution in [0.2, 0.25) is 0 Å². The second-order valence-corrected chi connectivity index (χ2v) is 10.3. The number of hydrogen-bond donors (Lipinski definition) is 1. The topological polar surface area (TPSA) is 120 Å². The van der Waals surface area contributed by atoms with Crippen molar-refractivity contribution in [3.05, 3.63) is 30.0 Å². The summed E-state index contributed by atoms with van der Waals surface area (Å²) in [5.41, 5.74) is 1.22. The third kappa shape index (κ3) is 4.29. The number of amides is 2. The summed E-state index contributed by atoms with van der Waals surface area (Å²) in [7, 11) is -0.0471. The van der Waals surface area contributed by atoms with Crippen molar-refractivity contribution >= 4 is 33.2 Å². The van der Waals surface area contributed by atoms with Crippen LogP contribution in [0.4, 0.5) is 11.5 Å². The second-order valence-electron chi connectivity index (χ2n) is 8.10. The quantitative estimate of drug-likeness (QED) is 0.692. The highest BCUT2D eigenvalue weighted by atomic mass is 32.2. The van der Waals surface area contributed by atoms with Gasteiger partial charge in [-0.3, -0.25) is 9.59 Å². The van der Waals surface area contributed by atoms with Gasteiger partial charge in [0.2, 0.25) is 11.8 Å². The lowest BCUT2D eigenvalue weighted by molar-refractivity contribution is -0.122. The fourth-order valence-electron chi connectivity index (χ4n) is 4.21. The summed E-state index contributed by atoms with van der Waals surface area (Å²) in [4.78, 5) is 27.3. The number of rotatable bonds is 6. The van der Waals surface area contributed by atoms with Gasteiger partial charge in [-0.1, -0.05) is 0 Å². The highest BCUT2D eigenvalue weighted by molar-refractivity contribution is 7.91. The highest BCUT2D eigenvalue weighted by Crippen LogP contribution is 2.36. The number of benzene rings is 1. The first kappa shape index (κ1) is 22.1. The number of sulfone groups is 1. The first-order valence-corrected chi connectivity index (χ1v) is 12.1. The molecule has 0 radical (unpaired) electrons. The SMILES string of the molecule is COc1ccc(OC)c(N2CC(C(=O)Nc3cc(C)nn3C3CCS(=O)(=O)C3)CC2=O)c1. The zero-order chi connectivity index (χ0) is 23.0. The van der Waals surface area contributed by atoms with E-state index in [0.717, 1.165) is 0 Å². The fourth-order valence-corrected chi connectivity index (χ4v) is 5.90. The molecule has 2 unspecified atom stereocenters. The number of nitrogens with one attached hydrogen (secondary N) is 1. The number of anilines is 2. The summed E-state index contributed by atoms with van der Waals surface area (Å²) < 4.78 is 36.0. The van der Waals surface area contributed by atoms with E-state index in [2.05, 4.69) is 10.4 Å². The van der Waals surface area contributed by atoms with Crippen LogP contribution >= 0.6 is 0 Å². The first-order chi connectivity index (χ1) is 15.2. The minimum absolute atomic E-state index is 0.00230. The van der Waals surface area contributed by atoms with E-state index in [9.17, 15) is 18.0 Å². The molecule has 1 aromatic heterocycles. The van der Waals surface area contributed by atoms with E-state index in [-0.39, 0.29) is 42.3 Å². The van der Waals surface area contributed by atoms with Crippen molar-refractivity contribution in [2.75, 3.05) is 42.5 Å². The lowest BCUT2D eigenvalue weighted by Gasteiger charge is -2.20. The molecule has 10 nitrogen and oxygen atoms in total. The summed E-state index contributed by atoms with van der Waals surface area (Å²) in [6.45, 7) is 1.98. The zero-order valence-electron chi connectivity index (χ0n) is 18.2. The van der Waals surface area contributed by atoms with Gasteiger partial charge in [0.05, 0.1) is 49.1 Å². The van der Waals surface area contributed by atoms with Crippen molar-refractivity contribution < 1.29 is 27.5 Å². The van der Waals surface area contributed by atoms with Crippen molar-refractivity contribution in [1.82, 2.24) is 9.78 Å². The molecule has 2 amide bonds. The minimum atomic E-state index is -3.10. The van der Waals surface area contributed by atoms with Crippen molar-refractivity contribution in [3.63, 3.8) is 0 Å². The van der Waals surface area contributed by atoms with Gasteiger partial charge in [-0.25, -0.2) is 13.1 Å². The Hall–Kier alpha value is -3.08. The monoisotopic (exact) mass is 462 g/mol. The van der Waals surface area contributed by atoms with E-state index in [1.54, 1.807) is 35.9 Å². The van der Waals surface area contributed by atoms with Crippen LogP contribution in [0.25, 0.3) is 0 Å². The van der Waals surface area contributed by atoms with Crippen LogP contribution in [-0.4, -0.2) is 62.3 Å². The van der Waals surface area contributed by atoms with Gasteiger partial charge in [0, 0.05) is 25.1 Å². The normalized spacial score (nSPS) is 22.2. The van der Waals surface area contributed by atoms with Gasteiger partial charge >= 0.3 is 0 Å². The molecule has 1 N–H and O–H groups in total. The second kappa shape index (κ2) is 8.45. The van der Waals surface area contributed by atoms with E-state index < -0.39 is 15.8 Å². The van der Waals surface area contributed by atoms with E-state index in [1.165, 1.54) is 19.1 Å². The molecule has 1 aromatic carbocycles. The van der Waals surface area contributed by atoms with Crippen LogP contribution in [0.5, 0.6) is 11.5 Å². The third-order valence-corrected chi connectivity index (χ3v) is 7.59. The number of carbonyl (C=O) groups excluding carboxylic acids is 2.